The van der Waals surface area contributed by atoms with Crippen LogP contribution in [0.5, 0.6) is 0 Å². The second-order valence-electron chi connectivity index (χ2n) is 7.17. The van der Waals surface area contributed by atoms with Gasteiger partial charge in [-0.3, -0.25) is 9.59 Å². The number of carbonyl (C=O) groups is 2. The molecule has 0 radical (unpaired) electrons. The van der Waals surface area contributed by atoms with Crippen LogP contribution in [0.3, 0.4) is 0 Å². The number of fused-ring (bicyclic) bond motifs is 1. The number of benzene rings is 1. The zero-order chi connectivity index (χ0) is 19.8. The van der Waals surface area contributed by atoms with E-state index in [1.54, 1.807) is 0 Å². The number of nitrogens with one attached hydrogen (secondary N) is 2. The minimum Gasteiger partial charge on any atom is -0.382 e. The first-order valence-corrected chi connectivity index (χ1v) is 10.3. The zero-order valence-corrected chi connectivity index (χ0v) is 16.6. The maximum absolute atomic E-state index is 12.4. The summed E-state index contributed by atoms with van der Waals surface area (Å²) in [6, 6.07) is 7.86. The van der Waals surface area contributed by atoms with Gasteiger partial charge in [0.1, 0.15) is 12.4 Å². The molecule has 2 aromatic rings. The SMILES string of the molecule is CCOCCCNC(=O)Cn1c(CCCNC(=O)C2CC2)nc2ccccc21. The van der Waals surface area contributed by atoms with Crippen molar-refractivity contribution in [3.63, 3.8) is 0 Å². The Morgan fingerprint density at radius 3 is 2.75 bits per heavy atom. The van der Waals surface area contributed by atoms with Crippen LogP contribution < -0.4 is 10.6 Å². The number of hydrogen-bond acceptors (Lipinski definition) is 4. The van der Waals surface area contributed by atoms with Crippen molar-refractivity contribution in [1.29, 1.82) is 0 Å². The molecule has 2 N–H and O–H groups in total. The molecule has 0 atom stereocenters. The lowest BCUT2D eigenvalue weighted by atomic mass is 10.2. The summed E-state index contributed by atoms with van der Waals surface area (Å²) in [5, 5.41) is 5.94. The van der Waals surface area contributed by atoms with Crippen LogP contribution in [0.4, 0.5) is 0 Å². The van der Waals surface area contributed by atoms with E-state index in [4.69, 9.17) is 9.72 Å². The average Bonchev–Trinajstić information content (AvgIpc) is 3.49. The van der Waals surface area contributed by atoms with Crippen LogP contribution in [-0.2, 0) is 27.3 Å². The Hall–Kier alpha value is -2.41. The molecule has 0 bridgehead atoms. The quantitative estimate of drug-likeness (QED) is 0.547. The fraction of sp³-hybridized carbons (Fsp3) is 0.571. The highest BCUT2D eigenvalue weighted by Crippen LogP contribution is 2.28. The number of amides is 2. The van der Waals surface area contributed by atoms with Crippen molar-refractivity contribution in [2.75, 3.05) is 26.3 Å². The Balaban J connectivity index is 1.55. The molecule has 3 rings (SSSR count). The van der Waals surface area contributed by atoms with Gasteiger partial charge in [-0.1, -0.05) is 12.1 Å². The number of aryl methyl sites for hydroxylation is 1. The molecule has 0 aliphatic heterocycles. The first-order chi connectivity index (χ1) is 13.7. The first kappa shape index (κ1) is 20.3. The molecule has 2 amide bonds. The second-order valence-corrected chi connectivity index (χ2v) is 7.17. The largest absolute Gasteiger partial charge is 0.382 e. The predicted octanol–water partition coefficient (Wildman–Crippen LogP) is 2.04. The number of imidazole rings is 1. The maximum atomic E-state index is 12.4. The summed E-state index contributed by atoms with van der Waals surface area (Å²) in [4.78, 5) is 28.8. The molecule has 1 aromatic heterocycles. The van der Waals surface area contributed by atoms with Crippen LogP contribution >= 0.6 is 0 Å². The molecule has 1 fully saturated rings. The summed E-state index contributed by atoms with van der Waals surface area (Å²) in [7, 11) is 0. The van der Waals surface area contributed by atoms with E-state index in [1.165, 1.54) is 0 Å². The Bertz CT molecular complexity index is 798. The van der Waals surface area contributed by atoms with Crippen molar-refractivity contribution in [3.8, 4) is 0 Å². The van der Waals surface area contributed by atoms with Gasteiger partial charge in [0.2, 0.25) is 11.8 Å². The number of hydrogen-bond donors (Lipinski definition) is 2. The smallest absolute Gasteiger partial charge is 0.240 e. The van der Waals surface area contributed by atoms with Crippen molar-refractivity contribution in [1.82, 2.24) is 20.2 Å². The standard InChI is InChI=1S/C21H30N4O3/c1-2-28-14-6-13-22-20(26)15-25-18-8-4-3-7-17(18)24-19(25)9-5-12-23-21(27)16-10-11-16/h3-4,7-8,16H,2,5-6,9-15H2,1H3,(H,22,26)(H,23,27). The van der Waals surface area contributed by atoms with Crippen LogP contribution in [-0.4, -0.2) is 47.7 Å². The Kier molecular flexibility index (Phi) is 7.42. The first-order valence-electron chi connectivity index (χ1n) is 10.3. The van der Waals surface area contributed by atoms with Crippen LogP contribution in [0, 0.1) is 5.92 Å². The number of carbonyl (C=O) groups excluding carboxylic acids is 2. The lowest BCUT2D eigenvalue weighted by Crippen LogP contribution is -2.30. The minimum absolute atomic E-state index is 0.0251. The highest BCUT2D eigenvalue weighted by atomic mass is 16.5. The van der Waals surface area contributed by atoms with Gasteiger partial charge in [0.15, 0.2) is 0 Å². The van der Waals surface area contributed by atoms with E-state index in [0.29, 0.717) is 26.3 Å². The van der Waals surface area contributed by atoms with E-state index in [0.717, 1.165) is 49.0 Å². The van der Waals surface area contributed by atoms with Crippen LogP contribution in [0.25, 0.3) is 11.0 Å². The van der Waals surface area contributed by atoms with Gasteiger partial charge in [-0.05, 0) is 44.7 Å². The van der Waals surface area contributed by atoms with E-state index < -0.39 is 0 Å². The number of para-hydroxylation sites is 2. The van der Waals surface area contributed by atoms with E-state index in [9.17, 15) is 9.59 Å². The number of rotatable bonds is 12. The van der Waals surface area contributed by atoms with Crippen molar-refractivity contribution < 1.29 is 14.3 Å². The Morgan fingerprint density at radius 2 is 1.96 bits per heavy atom. The van der Waals surface area contributed by atoms with E-state index in [-0.39, 0.29) is 24.3 Å². The molecular formula is C21H30N4O3. The number of nitrogens with zero attached hydrogens (tertiary/aromatic N) is 2. The molecule has 1 heterocycles. The Morgan fingerprint density at radius 1 is 1.18 bits per heavy atom. The van der Waals surface area contributed by atoms with Gasteiger partial charge in [-0.25, -0.2) is 4.98 Å². The summed E-state index contributed by atoms with van der Waals surface area (Å²) in [5.74, 6) is 1.25. The monoisotopic (exact) mass is 386 g/mol. The third-order valence-corrected chi connectivity index (χ3v) is 4.85. The molecule has 28 heavy (non-hydrogen) atoms. The third-order valence-electron chi connectivity index (χ3n) is 4.85. The summed E-state index contributed by atoms with van der Waals surface area (Å²) >= 11 is 0. The second kappa shape index (κ2) is 10.2. The number of ether oxygens (including phenoxy) is 1. The van der Waals surface area contributed by atoms with Gasteiger partial charge < -0.3 is 19.9 Å². The highest BCUT2D eigenvalue weighted by Gasteiger charge is 2.29. The molecule has 7 heteroatoms. The lowest BCUT2D eigenvalue weighted by Gasteiger charge is -2.10. The summed E-state index contributed by atoms with van der Waals surface area (Å²) in [6.45, 7) is 4.80. The number of aromatic nitrogens is 2. The van der Waals surface area contributed by atoms with Gasteiger partial charge in [0.25, 0.3) is 0 Å². The zero-order valence-electron chi connectivity index (χ0n) is 16.6. The van der Waals surface area contributed by atoms with E-state index in [1.807, 2.05) is 35.8 Å². The molecule has 0 spiro atoms. The third kappa shape index (κ3) is 5.79. The van der Waals surface area contributed by atoms with Crippen molar-refractivity contribution in [2.45, 2.75) is 45.6 Å². The summed E-state index contributed by atoms with van der Waals surface area (Å²) < 4.78 is 7.27. The molecule has 1 aromatic carbocycles. The Labute approximate surface area is 165 Å². The fourth-order valence-electron chi connectivity index (χ4n) is 3.19. The van der Waals surface area contributed by atoms with Gasteiger partial charge in [-0.15, -0.1) is 0 Å². The van der Waals surface area contributed by atoms with Gasteiger partial charge >= 0.3 is 0 Å². The van der Waals surface area contributed by atoms with Gasteiger partial charge in [-0.2, -0.15) is 0 Å². The predicted molar refractivity (Wildman–Crippen MR) is 108 cm³/mol. The topological polar surface area (TPSA) is 85.2 Å². The van der Waals surface area contributed by atoms with Crippen molar-refractivity contribution in [3.05, 3.63) is 30.1 Å². The summed E-state index contributed by atoms with van der Waals surface area (Å²) in [5.41, 5.74) is 1.85. The minimum atomic E-state index is -0.0251. The normalized spacial score (nSPS) is 13.6. The summed E-state index contributed by atoms with van der Waals surface area (Å²) in [6.07, 6.45) is 4.36. The highest BCUT2D eigenvalue weighted by molar-refractivity contribution is 5.81. The van der Waals surface area contributed by atoms with Crippen LogP contribution in [0.2, 0.25) is 0 Å². The molecule has 1 aliphatic carbocycles. The average molecular weight is 386 g/mol. The molecule has 0 unspecified atom stereocenters. The van der Waals surface area contributed by atoms with E-state index >= 15 is 0 Å². The van der Waals surface area contributed by atoms with Gasteiger partial charge in [0, 0.05) is 38.6 Å². The molecule has 7 nitrogen and oxygen atoms in total. The van der Waals surface area contributed by atoms with Gasteiger partial charge in [0.05, 0.1) is 11.0 Å². The van der Waals surface area contributed by atoms with Crippen LogP contribution in [0.1, 0.15) is 38.4 Å². The molecule has 152 valence electrons. The van der Waals surface area contributed by atoms with E-state index in [2.05, 4.69) is 10.6 Å². The van der Waals surface area contributed by atoms with Crippen LogP contribution in [0.15, 0.2) is 24.3 Å². The molecule has 0 saturated heterocycles. The molecular weight excluding hydrogens is 356 g/mol. The maximum Gasteiger partial charge on any atom is 0.240 e. The van der Waals surface area contributed by atoms with Crippen molar-refractivity contribution >= 4 is 22.8 Å². The molecule has 1 aliphatic rings. The molecule has 1 saturated carbocycles. The fourth-order valence-corrected chi connectivity index (χ4v) is 3.19. The lowest BCUT2D eigenvalue weighted by molar-refractivity contribution is -0.122. The van der Waals surface area contributed by atoms with Crippen molar-refractivity contribution in [2.24, 2.45) is 5.92 Å².